The van der Waals surface area contributed by atoms with Gasteiger partial charge in [-0.2, -0.15) is 0 Å². The molecule has 1 amide bonds. The van der Waals surface area contributed by atoms with Gasteiger partial charge in [-0.3, -0.25) is 9.69 Å². The number of piperidine rings is 1. The summed E-state index contributed by atoms with van der Waals surface area (Å²) in [5.41, 5.74) is 5.87. The lowest BCUT2D eigenvalue weighted by atomic mass is 10.0. The second kappa shape index (κ2) is 5.20. The maximum Gasteiger partial charge on any atom is 0.249 e. The molecule has 3 heterocycles. The summed E-state index contributed by atoms with van der Waals surface area (Å²) < 4.78 is 11.5. The molecule has 6 heteroatoms. The number of ether oxygens (including phenoxy) is 2. The summed E-state index contributed by atoms with van der Waals surface area (Å²) in [5.74, 6) is -0.748. The van der Waals surface area contributed by atoms with Gasteiger partial charge in [-0.15, -0.1) is 11.3 Å². The van der Waals surface area contributed by atoms with Gasteiger partial charge in [-0.05, 0) is 19.0 Å². The van der Waals surface area contributed by atoms with E-state index in [1.54, 1.807) is 11.3 Å². The van der Waals surface area contributed by atoms with Crippen molar-refractivity contribution in [2.24, 2.45) is 5.73 Å². The molecule has 2 fully saturated rings. The van der Waals surface area contributed by atoms with Crippen LogP contribution in [0.3, 0.4) is 0 Å². The average molecular weight is 282 g/mol. The van der Waals surface area contributed by atoms with Crippen molar-refractivity contribution in [3.63, 3.8) is 0 Å². The van der Waals surface area contributed by atoms with Gasteiger partial charge in [0, 0.05) is 23.2 Å². The first-order chi connectivity index (χ1) is 9.17. The SMILES string of the molecule is NC(=O)c1csc(CN2CCCC3(C2)OCCO3)c1. The number of primary amides is 1. The number of rotatable bonds is 3. The third kappa shape index (κ3) is 2.81. The number of nitrogens with zero attached hydrogens (tertiary/aromatic N) is 1. The molecule has 1 spiro atoms. The van der Waals surface area contributed by atoms with E-state index < -0.39 is 0 Å². The quantitative estimate of drug-likeness (QED) is 0.904. The summed E-state index contributed by atoms with van der Waals surface area (Å²) in [6.45, 7) is 4.05. The second-order valence-electron chi connectivity index (χ2n) is 5.09. The lowest BCUT2D eigenvalue weighted by Crippen LogP contribution is -2.48. The Morgan fingerprint density at radius 1 is 1.47 bits per heavy atom. The first-order valence-electron chi connectivity index (χ1n) is 6.54. The van der Waals surface area contributed by atoms with Gasteiger partial charge in [0.25, 0.3) is 0 Å². The van der Waals surface area contributed by atoms with E-state index in [1.807, 2.05) is 11.4 Å². The number of carbonyl (C=O) groups excluding carboxylic acids is 1. The van der Waals surface area contributed by atoms with Crippen molar-refractivity contribution in [2.45, 2.75) is 25.2 Å². The third-order valence-corrected chi connectivity index (χ3v) is 4.55. The van der Waals surface area contributed by atoms with Crippen molar-refractivity contribution in [2.75, 3.05) is 26.3 Å². The Balaban J connectivity index is 1.64. The molecular formula is C13H18N2O3S. The van der Waals surface area contributed by atoms with Crippen molar-refractivity contribution in [3.8, 4) is 0 Å². The monoisotopic (exact) mass is 282 g/mol. The highest BCUT2D eigenvalue weighted by Gasteiger charge is 2.40. The van der Waals surface area contributed by atoms with Crippen LogP contribution in [0.25, 0.3) is 0 Å². The minimum Gasteiger partial charge on any atom is -0.366 e. The predicted octanol–water partition coefficient (Wildman–Crippen LogP) is 1.19. The summed E-state index contributed by atoms with van der Waals surface area (Å²) in [6.07, 6.45) is 2.05. The first kappa shape index (κ1) is 13.1. The molecule has 0 bridgehead atoms. The Morgan fingerprint density at radius 2 is 2.26 bits per heavy atom. The molecule has 5 nitrogen and oxygen atoms in total. The molecule has 19 heavy (non-hydrogen) atoms. The summed E-state index contributed by atoms with van der Waals surface area (Å²) in [6, 6.07) is 1.88. The number of carbonyl (C=O) groups is 1. The second-order valence-corrected chi connectivity index (χ2v) is 6.08. The molecule has 1 aromatic heterocycles. The molecule has 0 aliphatic carbocycles. The standard InChI is InChI=1S/C13H18N2O3S/c14-12(16)10-6-11(19-8-10)7-15-3-1-2-13(9-15)17-4-5-18-13/h6,8H,1-5,7,9H2,(H2,14,16). The Labute approximate surface area is 116 Å². The fourth-order valence-electron chi connectivity index (χ4n) is 2.75. The van der Waals surface area contributed by atoms with E-state index >= 15 is 0 Å². The van der Waals surface area contributed by atoms with Crippen LogP contribution >= 0.6 is 11.3 Å². The van der Waals surface area contributed by atoms with E-state index in [0.29, 0.717) is 18.8 Å². The first-order valence-corrected chi connectivity index (χ1v) is 7.42. The number of nitrogens with two attached hydrogens (primary N) is 1. The fourth-order valence-corrected chi connectivity index (χ4v) is 3.67. The molecular weight excluding hydrogens is 264 g/mol. The van der Waals surface area contributed by atoms with Gasteiger partial charge >= 0.3 is 0 Å². The Morgan fingerprint density at radius 3 is 2.95 bits per heavy atom. The van der Waals surface area contributed by atoms with E-state index in [1.165, 1.54) is 0 Å². The molecule has 0 aromatic carbocycles. The van der Waals surface area contributed by atoms with Gasteiger partial charge in [0.2, 0.25) is 5.91 Å². The lowest BCUT2D eigenvalue weighted by molar-refractivity contribution is -0.190. The van der Waals surface area contributed by atoms with Gasteiger partial charge in [0.05, 0.1) is 25.3 Å². The fraction of sp³-hybridized carbons (Fsp3) is 0.615. The third-order valence-electron chi connectivity index (χ3n) is 3.63. The summed E-state index contributed by atoms with van der Waals surface area (Å²) >= 11 is 1.58. The van der Waals surface area contributed by atoms with E-state index in [9.17, 15) is 4.79 Å². The zero-order chi connectivity index (χ0) is 13.3. The highest BCUT2D eigenvalue weighted by atomic mass is 32.1. The van der Waals surface area contributed by atoms with Gasteiger partial charge in [0.1, 0.15) is 0 Å². The van der Waals surface area contributed by atoms with Crippen molar-refractivity contribution in [3.05, 3.63) is 21.9 Å². The summed E-state index contributed by atoms with van der Waals surface area (Å²) in [5, 5.41) is 1.82. The van der Waals surface area contributed by atoms with Crippen LogP contribution in [0.2, 0.25) is 0 Å². The Bertz CT molecular complexity index is 468. The van der Waals surface area contributed by atoms with Gasteiger partial charge in [-0.25, -0.2) is 0 Å². The molecule has 0 atom stereocenters. The van der Waals surface area contributed by atoms with E-state index in [4.69, 9.17) is 15.2 Å². The number of hydrogen-bond acceptors (Lipinski definition) is 5. The predicted molar refractivity (Wildman–Crippen MR) is 72.0 cm³/mol. The molecule has 0 radical (unpaired) electrons. The van der Waals surface area contributed by atoms with E-state index in [-0.39, 0.29) is 11.7 Å². The van der Waals surface area contributed by atoms with Crippen molar-refractivity contribution >= 4 is 17.2 Å². The van der Waals surface area contributed by atoms with Gasteiger partial charge < -0.3 is 15.2 Å². The maximum absolute atomic E-state index is 11.1. The van der Waals surface area contributed by atoms with Crippen LogP contribution in [0.4, 0.5) is 0 Å². The molecule has 0 saturated carbocycles. The highest BCUT2D eigenvalue weighted by molar-refractivity contribution is 7.10. The van der Waals surface area contributed by atoms with Crippen LogP contribution in [0.15, 0.2) is 11.4 Å². The van der Waals surface area contributed by atoms with Crippen LogP contribution in [0, 0.1) is 0 Å². The van der Waals surface area contributed by atoms with Crippen molar-refractivity contribution in [1.29, 1.82) is 0 Å². The molecule has 1 aromatic rings. The van der Waals surface area contributed by atoms with E-state index in [2.05, 4.69) is 4.90 Å². The smallest absolute Gasteiger partial charge is 0.249 e. The zero-order valence-electron chi connectivity index (χ0n) is 10.8. The maximum atomic E-state index is 11.1. The minimum atomic E-state index is -0.387. The van der Waals surface area contributed by atoms with Crippen molar-refractivity contribution in [1.82, 2.24) is 4.90 Å². The topological polar surface area (TPSA) is 64.8 Å². The zero-order valence-corrected chi connectivity index (χ0v) is 11.6. The van der Waals surface area contributed by atoms with Crippen molar-refractivity contribution < 1.29 is 14.3 Å². The van der Waals surface area contributed by atoms with Gasteiger partial charge in [0.15, 0.2) is 5.79 Å². The average Bonchev–Trinajstić information content (AvgIpc) is 3.00. The number of thiophene rings is 1. The Kier molecular flexibility index (Phi) is 3.58. The number of hydrogen-bond donors (Lipinski definition) is 1. The Hall–Kier alpha value is -0.950. The number of likely N-dealkylation sites (tertiary alicyclic amines) is 1. The van der Waals surface area contributed by atoms with E-state index in [0.717, 1.165) is 37.4 Å². The minimum absolute atomic E-state index is 0.361. The molecule has 3 rings (SSSR count). The molecule has 2 aliphatic rings. The highest BCUT2D eigenvalue weighted by Crippen LogP contribution is 2.31. The summed E-state index contributed by atoms with van der Waals surface area (Å²) in [7, 11) is 0. The lowest BCUT2D eigenvalue weighted by Gasteiger charge is -2.38. The largest absolute Gasteiger partial charge is 0.366 e. The van der Waals surface area contributed by atoms with Gasteiger partial charge in [-0.1, -0.05) is 0 Å². The number of amides is 1. The summed E-state index contributed by atoms with van der Waals surface area (Å²) in [4.78, 5) is 14.6. The van der Waals surface area contributed by atoms with Crippen LogP contribution in [0.1, 0.15) is 28.1 Å². The normalized spacial score (nSPS) is 22.9. The molecule has 2 N–H and O–H groups in total. The van der Waals surface area contributed by atoms with Crippen LogP contribution in [-0.4, -0.2) is 42.9 Å². The molecule has 104 valence electrons. The van der Waals surface area contributed by atoms with Crippen LogP contribution in [-0.2, 0) is 16.0 Å². The van der Waals surface area contributed by atoms with Crippen LogP contribution in [0.5, 0.6) is 0 Å². The molecule has 2 aliphatic heterocycles. The molecule has 0 unspecified atom stereocenters. The van der Waals surface area contributed by atoms with Crippen LogP contribution < -0.4 is 5.73 Å². The molecule has 2 saturated heterocycles.